The van der Waals surface area contributed by atoms with Crippen molar-refractivity contribution in [3.63, 3.8) is 0 Å². The van der Waals surface area contributed by atoms with Crippen LogP contribution in [-0.2, 0) is 19.1 Å². The van der Waals surface area contributed by atoms with Crippen molar-refractivity contribution in [3.05, 3.63) is 0 Å². The van der Waals surface area contributed by atoms with Crippen molar-refractivity contribution < 1.29 is 29.0 Å². The Morgan fingerprint density at radius 1 is 0.848 bits per heavy atom. The minimum absolute atomic E-state index is 0.120. The summed E-state index contributed by atoms with van der Waals surface area (Å²) in [5.74, 6) is -1.15. The van der Waals surface area contributed by atoms with Crippen molar-refractivity contribution in [3.8, 4) is 0 Å². The molecule has 3 N–H and O–H groups in total. The standard InChI is InChI=1S/C25H48N2O6/c1-10-11-12-13-14-15-18(27-23(31)33-25(7,8)9)20(28)21(29)26-19(16-17(2)3)22(30)32-24(4,5)6/h17-20,28H,10-16H2,1-9H3,(H,26,29)(H,27,31)/t18-,19+,20+/m1/s1. The highest BCUT2D eigenvalue weighted by atomic mass is 16.6. The van der Waals surface area contributed by atoms with Crippen LogP contribution in [0.1, 0.15) is 107 Å². The van der Waals surface area contributed by atoms with E-state index in [0.717, 1.165) is 32.1 Å². The summed E-state index contributed by atoms with van der Waals surface area (Å²) < 4.78 is 10.7. The molecular weight excluding hydrogens is 424 g/mol. The highest BCUT2D eigenvalue weighted by molar-refractivity contribution is 5.87. The van der Waals surface area contributed by atoms with E-state index < -0.39 is 47.4 Å². The van der Waals surface area contributed by atoms with Crippen LogP contribution in [0.15, 0.2) is 0 Å². The highest BCUT2D eigenvalue weighted by Crippen LogP contribution is 2.15. The summed E-state index contributed by atoms with van der Waals surface area (Å²) in [4.78, 5) is 37.8. The molecule has 0 aromatic rings. The van der Waals surface area contributed by atoms with Gasteiger partial charge >= 0.3 is 12.1 Å². The fraction of sp³-hybridized carbons (Fsp3) is 0.880. The lowest BCUT2D eigenvalue weighted by Crippen LogP contribution is -2.55. The number of aliphatic hydroxyl groups is 1. The molecule has 0 aromatic carbocycles. The zero-order valence-electron chi connectivity index (χ0n) is 22.2. The number of hydrogen-bond acceptors (Lipinski definition) is 6. The Morgan fingerprint density at radius 3 is 1.88 bits per heavy atom. The summed E-state index contributed by atoms with van der Waals surface area (Å²) >= 11 is 0. The predicted octanol–water partition coefficient (Wildman–Crippen LogP) is 4.47. The SMILES string of the molecule is CCCCCCC[C@@H](NC(=O)OC(C)(C)C)[C@H](O)C(=O)N[C@@H](CC(C)C)C(=O)OC(C)(C)C. The number of aliphatic hydroxyl groups excluding tert-OH is 1. The summed E-state index contributed by atoms with van der Waals surface area (Å²) in [6, 6.07) is -1.72. The Labute approximate surface area is 200 Å². The van der Waals surface area contributed by atoms with E-state index in [1.54, 1.807) is 41.5 Å². The smallest absolute Gasteiger partial charge is 0.407 e. The second-order valence-corrected chi connectivity index (χ2v) is 11.1. The lowest BCUT2D eigenvalue weighted by Gasteiger charge is -2.29. The van der Waals surface area contributed by atoms with Crippen LogP contribution >= 0.6 is 0 Å². The van der Waals surface area contributed by atoms with Crippen LogP contribution in [0.3, 0.4) is 0 Å². The van der Waals surface area contributed by atoms with E-state index in [-0.39, 0.29) is 5.92 Å². The average Bonchev–Trinajstić information content (AvgIpc) is 2.62. The van der Waals surface area contributed by atoms with E-state index in [2.05, 4.69) is 17.6 Å². The first kappa shape index (κ1) is 31.2. The normalized spacial score (nSPS) is 14.9. The molecule has 0 saturated carbocycles. The highest BCUT2D eigenvalue weighted by Gasteiger charge is 2.33. The molecule has 194 valence electrons. The molecule has 0 heterocycles. The van der Waals surface area contributed by atoms with Crippen LogP contribution < -0.4 is 10.6 Å². The monoisotopic (exact) mass is 472 g/mol. The second-order valence-electron chi connectivity index (χ2n) is 11.1. The van der Waals surface area contributed by atoms with E-state index >= 15 is 0 Å². The van der Waals surface area contributed by atoms with Gasteiger partial charge in [0.2, 0.25) is 0 Å². The molecule has 0 aliphatic carbocycles. The molecule has 3 atom stereocenters. The van der Waals surface area contributed by atoms with E-state index in [0.29, 0.717) is 12.8 Å². The number of nitrogens with one attached hydrogen (secondary N) is 2. The first-order valence-corrected chi connectivity index (χ1v) is 12.3. The van der Waals surface area contributed by atoms with Crippen LogP contribution in [0.2, 0.25) is 0 Å². The summed E-state index contributed by atoms with van der Waals surface area (Å²) in [5, 5.41) is 16.1. The average molecular weight is 473 g/mol. The number of carbonyl (C=O) groups excluding carboxylic acids is 3. The maximum absolute atomic E-state index is 12.9. The Morgan fingerprint density at radius 2 is 1.39 bits per heavy atom. The van der Waals surface area contributed by atoms with Gasteiger partial charge in [-0.1, -0.05) is 52.9 Å². The van der Waals surface area contributed by atoms with Gasteiger partial charge < -0.3 is 25.2 Å². The molecule has 2 amide bonds. The zero-order valence-corrected chi connectivity index (χ0v) is 22.2. The van der Waals surface area contributed by atoms with Gasteiger partial charge in [0.1, 0.15) is 17.2 Å². The first-order valence-electron chi connectivity index (χ1n) is 12.3. The number of carbonyl (C=O) groups is 3. The Hall–Kier alpha value is -1.83. The van der Waals surface area contributed by atoms with Gasteiger partial charge in [0, 0.05) is 0 Å². The number of hydrogen-bond donors (Lipinski definition) is 3. The van der Waals surface area contributed by atoms with Crippen molar-refractivity contribution in [2.45, 2.75) is 137 Å². The Balaban J connectivity index is 5.34. The van der Waals surface area contributed by atoms with Crippen molar-refractivity contribution in [2.75, 3.05) is 0 Å². The molecule has 0 fully saturated rings. The second kappa shape index (κ2) is 14.4. The Kier molecular flexibility index (Phi) is 13.6. The van der Waals surface area contributed by atoms with Crippen LogP contribution in [0.25, 0.3) is 0 Å². The van der Waals surface area contributed by atoms with E-state index in [1.165, 1.54) is 0 Å². The van der Waals surface area contributed by atoms with Crippen LogP contribution in [0.5, 0.6) is 0 Å². The largest absolute Gasteiger partial charge is 0.458 e. The van der Waals surface area contributed by atoms with E-state index in [9.17, 15) is 19.5 Å². The van der Waals surface area contributed by atoms with Gasteiger partial charge in [-0.25, -0.2) is 9.59 Å². The molecule has 0 rings (SSSR count). The third-order valence-electron chi connectivity index (χ3n) is 4.69. The first-order chi connectivity index (χ1) is 15.1. The molecule has 0 unspecified atom stereocenters. The molecule has 0 saturated heterocycles. The Bertz CT molecular complexity index is 607. The van der Waals surface area contributed by atoms with Crippen molar-refractivity contribution >= 4 is 18.0 Å². The number of alkyl carbamates (subject to hydrolysis) is 1. The molecule has 0 spiro atoms. The maximum Gasteiger partial charge on any atom is 0.407 e. The van der Waals surface area contributed by atoms with Gasteiger partial charge in [0.15, 0.2) is 6.10 Å². The molecular formula is C25H48N2O6. The molecule has 0 aromatic heterocycles. The lowest BCUT2D eigenvalue weighted by molar-refractivity contribution is -0.159. The summed E-state index contributed by atoms with van der Waals surface area (Å²) in [5.41, 5.74) is -1.41. The van der Waals surface area contributed by atoms with Crippen LogP contribution in [-0.4, -0.2) is 52.5 Å². The quantitative estimate of drug-likeness (QED) is 0.269. The maximum atomic E-state index is 12.9. The molecule has 0 bridgehead atoms. The molecule has 0 radical (unpaired) electrons. The summed E-state index contributed by atoms with van der Waals surface area (Å²) in [7, 11) is 0. The van der Waals surface area contributed by atoms with Gasteiger partial charge in [-0.15, -0.1) is 0 Å². The third kappa shape index (κ3) is 15.6. The van der Waals surface area contributed by atoms with Gasteiger partial charge in [0.25, 0.3) is 5.91 Å². The van der Waals surface area contributed by atoms with Gasteiger partial charge in [-0.3, -0.25) is 4.79 Å². The number of ether oxygens (including phenoxy) is 2. The van der Waals surface area contributed by atoms with E-state index in [4.69, 9.17) is 9.47 Å². The van der Waals surface area contributed by atoms with Gasteiger partial charge in [-0.05, 0) is 60.3 Å². The fourth-order valence-electron chi connectivity index (χ4n) is 3.23. The topological polar surface area (TPSA) is 114 Å². The van der Waals surface area contributed by atoms with Crippen LogP contribution in [0.4, 0.5) is 4.79 Å². The van der Waals surface area contributed by atoms with Crippen molar-refractivity contribution in [1.82, 2.24) is 10.6 Å². The van der Waals surface area contributed by atoms with Crippen molar-refractivity contribution in [2.24, 2.45) is 5.92 Å². The predicted molar refractivity (Wildman–Crippen MR) is 130 cm³/mol. The minimum atomic E-state index is -1.53. The van der Waals surface area contributed by atoms with E-state index in [1.807, 2.05) is 13.8 Å². The third-order valence-corrected chi connectivity index (χ3v) is 4.69. The lowest BCUT2D eigenvalue weighted by atomic mass is 10.00. The van der Waals surface area contributed by atoms with Crippen molar-refractivity contribution in [1.29, 1.82) is 0 Å². The number of rotatable bonds is 13. The van der Waals surface area contributed by atoms with Gasteiger partial charge in [0.05, 0.1) is 6.04 Å². The fourth-order valence-corrected chi connectivity index (χ4v) is 3.23. The number of unbranched alkanes of at least 4 members (excludes halogenated alkanes) is 4. The molecule has 0 aliphatic rings. The molecule has 33 heavy (non-hydrogen) atoms. The minimum Gasteiger partial charge on any atom is -0.458 e. The number of esters is 1. The zero-order chi connectivity index (χ0) is 25.8. The van der Waals surface area contributed by atoms with Crippen LogP contribution in [0, 0.1) is 5.92 Å². The summed E-state index contributed by atoms with van der Waals surface area (Å²) in [6.45, 7) is 16.5. The molecule has 8 nitrogen and oxygen atoms in total. The number of amides is 2. The molecule has 8 heteroatoms. The van der Waals surface area contributed by atoms with Gasteiger partial charge in [-0.2, -0.15) is 0 Å². The molecule has 0 aliphatic heterocycles. The summed E-state index contributed by atoms with van der Waals surface area (Å²) in [6.07, 6.45) is 3.50.